The highest BCUT2D eigenvalue weighted by atomic mass is 32.2. The van der Waals surface area contributed by atoms with Crippen LogP contribution in [0.5, 0.6) is 0 Å². The van der Waals surface area contributed by atoms with Crippen molar-refractivity contribution < 1.29 is 14.1 Å². The maximum absolute atomic E-state index is 12.2. The van der Waals surface area contributed by atoms with Crippen LogP contribution in [0.25, 0.3) is 0 Å². The van der Waals surface area contributed by atoms with E-state index in [1.165, 1.54) is 18.2 Å². The van der Waals surface area contributed by atoms with E-state index in [0.29, 0.717) is 16.5 Å². The summed E-state index contributed by atoms with van der Waals surface area (Å²) in [5, 5.41) is 18.6. The van der Waals surface area contributed by atoms with Crippen molar-refractivity contribution in [2.75, 3.05) is 29.2 Å². The second-order valence-electron chi connectivity index (χ2n) is 6.21. The zero-order valence-electron chi connectivity index (χ0n) is 14.9. The molecule has 3 heterocycles. The molecule has 0 atom stereocenters. The summed E-state index contributed by atoms with van der Waals surface area (Å²) in [4.78, 5) is 18.2. The number of nitrogens with one attached hydrogen (secondary N) is 1. The predicted octanol–water partition coefficient (Wildman–Crippen LogP) is 1.70. The van der Waals surface area contributed by atoms with E-state index < -0.39 is 0 Å². The number of nitrogens with zero attached hydrogens (tertiary/aromatic N) is 5. The van der Waals surface area contributed by atoms with Crippen LogP contribution in [0.4, 0.5) is 5.88 Å². The van der Waals surface area contributed by atoms with Gasteiger partial charge in [-0.15, -0.1) is 0 Å². The van der Waals surface area contributed by atoms with Gasteiger partial charge in [-0.25, -0.2) is 4.98 Å². The van der Waals surface area contributed by atoms with Gasteiger partial charge in [-0.3, -0.25) is 14.6 Å². The van der Waals surface area contributed by atoms with E-state index in [4.69, 9.17) is 4.52 Å². The first kappa shape index (κ1) is 18.2. The van der Waals surface area contributed by atoms with Gasteiger partial charge in [-0.2, -0.15) is 10.3 Å². The summed E-state index contributed by atoms with van der Waals surface area (Å²) in [7, 11) is 0. The Labute approximate surface area is 156 Å². The number of piperidine rings is 1. The standard InChI is InChI=1S/C17H20N6O2S/c1-12-8-13(2)19-17(14(12)9-18)26-11-15(24)20-16-10-23(21-25-16)22-6-4-3-5-7-22/h8,10H,3-7,11H2,1-2H3/p+1. The fraction of sp³-hybridized carbons (Fsp3) is 0.471. The number of pyridine rings is 1. The Morgan fingerprint density at radius 3 is 2.92 bits per heavy atom. The minimum atomic E-state index is -0.234. The molecule has 0 radical (unpaired) electrons. The second-order valence-corrected chi connectivity index (χ2v) is 7.17. The highest BCUT2D eigenvalue weighted by molar-refractivity contribution is 8.00. The molecule has 0 unspecified atom stereocenters. The lowest BCUT2D eigenvalue weighted by Crippen LogP contribution is -2.60. The number of carbonyl (C=O) groups excluding carboxylic acids is 1. The van der Waals surface area contributed by atoms with Gasteiger partial charge in [-0.05, 0) is 44.7 Å². The summed E-state index contributed by atoms with van der Waals surface area (Å²) < 4.78 is 5.19. The molecule has 1 fully saturated rings. The molecule has 0 aromatic carbocycles. The summed E-state index contributed by atoms with van der Waals surface area (Å²) in [6.45, 7) is 5.59. The van der Waals surface area contributed by atoms with Crippen molar-refractivity contribution in [2.24, 2.45) is 0 Å². The summed E-state index contributed by atoms with van der Waals surface area (Å²) in [6, 6.07) is 4.01. The van der Waals surface area contributed by atoms with Gasteiger partial charge in [0.1, 0.15) is 11.1 Å². The lowest BCUT2D eigenvalue weighted by Gasteiger charge is -2.17. The van der Waals surface area contributed by atoms with Crippen molar-refractivity contribution in [3.63, 3.8) is 0 Å². The van der Waals surface area contributed by atoms with Gasteiger partial charge in [0.25, 0.3) is 6.20 Å². The molecule has 2 aromatic rings. The Kier molecular flexibility index (Phi) is 5.73. The lowest BCUT2D eigenvalue weighted by atomic mass is 10.1. The molecule has 1 amide bonds. The summed E-state index contributed by atoms with van der Waals surface area (Å²) in [6.07, 6.45) is 5.15. The van der Waals surface area contributed by atoms with E-state index in [2.05, 4.69) is 26.7 Å². The summed E-state index contributed by atoms with van der Waals surface area (Å²) in [5.74, 6) is 0.200. The van der Waals surface area contributed by atoms with Crippen LogP contribution in [0.2, 0.25) is 0 Å². The zero-order chi connectivity index (χ0) is 18.5. The van der Waals surface area contributed by atoms with Crippen LogP contribution < -0.4 is 15.1 Å². The van der Waals surface area contributed by atoms with Gasteiger partial charge in [0.05, 0.1) is 29.2 Å². The van der Waals surface area contributed by atoms with Gasteiger partial charge >= 0.3 is 5.88 Å². The lowest BCUT2D eigenvalue weighted by molar-refractivity contribution is -0.759. The molecule has 8 nitrogen and oxygen atoms in total. The number of hydrogen-bond acceptors (Lipinski definition) is 7. The molecular weight excluding hydrogens is 352 g/mol. The maximum Gasteiger partial charge on any atom is 0.305 e. The van der Waals surface area contributed by atoms with Crippen LogP contribution in [0.1, 0.15) is 36.1 Å². The number of amides is 1. The highest BCUT2D eigenvalue weighted by Crippen LogP contribution is 2.23. The van der Waals surface area contributed by atoms with Crippen molar-refractivity contribution in [3.05, 3.63) is 29.1 Å². The van der Waals surface area contributed by atoms with Gasteiger partial charge in [0.2, 0.25) is 11.2 Å². The Hall–Kier alpha value is -2.60. The van der Waals surface area contributed by atoms with Gasteiger partial charge in [-0.1, -0.05) is 11.8 Å². The normalized spacial score (nSPS) is 14.1. The average Bonchev–Trinajstić information content (AvgIpc) is 3.09. The molecule has 1 aliphatic heterocycles. The molecule has 136 valence electrons. The number of rotatable bonds is 5. The molecule has 1 aliphatic rings. The highest BCUT2D eigenvalue weighted by Gasteiger charge is 2.23. The van der Waals surface area contributed by atoms with Gasteiger partial charge in [0, 0.05) is 5.69 Å². The van der Waals surface area contributed by atoms with Crippen LogP contribution in [0.15, 0.2) is 21.8 Å². The minimum absolute atomic E-state index is 0.134. The quantitative estimate of drug-likeness (QED) is 0.629. The minimum Gasteiger partial charge on any atom is -0.288 e. The van der Waals surface area contributed by atoms with Crippen molar-refractivity contribution in [2.45, 2.75) is 38.1 Å². The van der Waals surface area contributed by atoms with Crippen molar-refractivity contribution in [1.29, 1.82) is 5.26 Å². The van der Waals surface area contributed by atoms with Crippen LogP contribution in [0, 0.1) is 25.2 Å². The predicted molar refractivity (Wildman–Crippen MR) is 96.3 cm³/mol. The Bertz CT molecular complexity index is 838. The number of aryl methyl sites for hydroxylation is 2. The number of nitriles is 1. The number of anilines is 1. The molecule has 2 aromatic heterocycles. The van der Waals surface area contributed by atoms with E-state index >= 15 is 0 Å². The van der Waals surface area contributed by atoms with E-state index in [1.54, 1.807) is 11.0 Å². The Morgan fingerprint density at radius 2 is 2.19 bits per heavy atom. The SMILES string of the molecule is Cc1cc(C)c(C#N)c(SCC(=O)Nc2c[n+](N3CCCCC3)no2)n1. The van der Waals surface area contributed by atoms with Crippen LogP contribution >= 0.6 is 11.8 Å². The molecule has 3 rings (SSSR count). The third kappa shape index (κ3) is 4.32. The van der Waals surface area contributed by atoms with Gasteiger partial charge < -0.3 is 0 Å². The average molecular weight is 373 g/mol. The Balaban J connectivity index is 1.58. The van der Waals surface area contributed by atoms with Crippen LogP contribution in [-0.2, 0) is 4.79 Å². The maximum atomic E-state index is 12.2. The molecular formula is C17H21N6O2S+. The van der Waals surface area contributed by atoms with Crippen molar-refractivity contribution in [1.82, 2.24) is 10.3 Å². The monoisotopic (exact) mass is 373 g/mol. The van der Waals surface area contributed by atoms with E-state index in [9.17, 15) is 10.1 Å². The molecule has 1 saturated heterocycles. The molecule has 9 heteroatoms. The Morgan fingerprint density at radius 1 is 1.42 bits per heavy atom. The fourth-order valence-electron chi connectivity index (χ4n) is 2.86. The smallest absolute Gasteiger partial charge is 0.288 e. The number of carbonyl (C=O) groups is 1. The molecule has 0 spiro atoms. The van der Waals surface area contributed by atoms with E-state index in [-0.39, 0.29) is 11.7 Å². The molecule has 0 saturated carbocycles. The van der Waals surface area contributed by atoms with Crippen LogP contribution in [0.3, 0.4) is 0 Å². The third-order valence-electron chi connectivity index (χ3n) is 4.10. The number of thioether (sulfide) groups is 1. The van der Waals surface area contributed by atoms with Gasteiger partial charge in [0.15, 0.2) is 0 Å². The summed E-state index contributed by atoms with van der Waals surface area (Å²) in [5.41, 5.74) is 2.19. The van der Waals surface area contributed by atoms with E-state index in [0.717, 1.165) is 37.2 Å². The van der Waals surface area contributed by atoms with Crippen molar-refractivity contribution >= 4 is 23.6 Å². The van der Waals surface area contributed by atoms with E-state index in [1.807, 2.05) is 19.9 Å². The number of aromatic nitrogens is 3. The van der Waals surface area contributed by atoms with Crippen LogP contribution in [-0.4, -0.2) is 35.0 Å². The zero-order valence-corrected chi connectivity index (χ0v) is 15.7. The topological polar surface area (TPSA) is 98.9 Å². The first-order valence-corrected chi connectivity index (χ1v) is 9.50. The third-order valence-corrected chi connectivity index (χ3v) is 5.08. The molecule has 0 aliphatic carbocycles. The molecule has 1 N–H and O–H groups in total. The first-order valence-electron chi connectivity index (χ1n) is 8.51. The first-order chi connectivity index (χ1) is 12.6. The molecule has 26 heavy (non-hydrogen) atoms. The fourth-order valence-corrected chi connectivity index (χ4v) is 3.76. The summed E-state index contributed by atoms with van der Waals surface area (Å²) >= 11 is 1.24. The van der Waals surface area contributed by atoms with Crippen molar-refractivity contribution in [3.8, 4) is 6.07 Å². The molecule has 0 bridgehead atoms. The second kappa shape index (κ2) is 8.19. The largest absolute Gasteiger partial charge is 0.305 e. The number of hydrogen-bond donors (Lipinski definition) is 1.